The van der Waals surface area contributed by atoms with E-state index in [4.69, 9.17) is 5.11 Å². The molecule has 1 aliphatic carbocycles. The second-order valence-electron chi connectivity index (χ2n) is 5.26. The number of amides is 1. The van der Waals surface area contributed by atoms with Crippen molar-refractivity contribution in [3.8, 4) is 0 Å². The maximum absolute atomic E-state index is 11.9. The smallest absolute Gasteiger partial charge is 0.321 e. The molecule has 2 atom stereocenters. The molecule has 0 spiro atoms. The normalized spacial score (nSPS) is 29.3. The van der Waals surface area contributed by atoms with E-state index in [1.54, 1.807) is 9.80 Å². The summed E-state index contributed by atoms with van der Waals surface area (Å²) in [6, 6.07) is -0.0997. The second-order valence-corrected chi connectivity index (χ2v) is 5.26. The van der Waals surface area contributed by atoms with E-state index < -0.39 is 12.0 Å². The minimum Gasteiger partial charge on any atom is -0.480 e. The zero-order valence-corrected chi connectivity index (χ0v) is 10.4. The Bertz CT molecular complexity index is 328. The minimum atomic E-state index is -0.808. The first kappa shape index (κ1) is 12.4. The second kappa shape index (κ2) is 4.64. The van der Waals surface area contributed by atoms with E-state index in [0.29, 0.717) is 12.6 Å². The molecule has 2 fully saturated rings. The van der Waals surface area contributed by atoms with Gasteiger partial charge in [-0.05, 0) is 31.7 Å². The van der Waals surface area contributed by atoms with E-state index in [0.717, 1.165) is 19.3 Å². The van der Waals surface area contributed by atoms with Gasteiger partial charge in [-0.2, -0.15) is 0 Å². The van der Waals surface area contributed by atoms with Gasteiger partial charge in [-0.15, -0.1) is 0 Å². The Balaban J connectivity index is 1.93. The van der Waals surface area contributed by atoms with Crippen molar-refractivity contribution in [1.29, 1.82) is 0 Å². The fourth-order valence-corrected chi connectivity index (χ4v) is 2.55. The van der Waals surface area contributed by atoms with Gasteiger partial charge in [-0.25, -0.2) is 0 Å². The van der Waals surface area contributed by atoms with Crippen molar-refractivity contribution in [3.63, 3.8) is 0 Å². The number of carbonyl (C=O) groups excluding carboxylic acids is 1. The number of likely N-dealkylation sites (tertiary alicyclic amines) is 1. The molecule has 1 heterocycles. The SMILES string of the molecule is CC1CCN(CC(=O)N(C)C2CC2)C1C(=O)O. The van der Waals surface area contributed by atoms with E-state index in [1.165, 1.54) is 0 Å². The maximum Gasteiger partial charge on any atom is 0.321 e. The summed E-state index contributed by atoms with van der Waals surface area (Å²) < 4.78 is 0. The lowest BCUT2D eigenvalue weighted by molar-refractivity contribution is -0.144. The zero-order valence-electron chi connectivity index (χ0n) is 10.4. The summed E-state index contributed by atoms with van der Waals surface area (Å²) in [4.78, 5) is 26.7. The highest BCUT2D eigenvalue weighted by molar-refractivity contribution is 5.80. The molecule has 1 N–H and O–H groups in total. The van der Waals surface area contributed by atoms with Crippen LogP contribution in [0.5, 0.6) is 0 Å². The molecule has 0 aromatic heterocycles. The van der Waals surface area contributed by atoms with E-state index in [1.807, 2.05) is 14.0 Å². The van der Waals surface area contributed by atoms with Crippen molar-refractivity contribution in [1.82, 2.24) is 9.80 Å². The van der Waals surface area contributed by atoms with Gasteiger partial charge in [0.2, 0.25) is 5.91 Å². The number of hydrogen-bond donors (Lipinski definition) is 1. The van der Waals surface area contributed by atoms with Crippen LogP contribution in [0, 0.1) is 5.92 Å². The number of rotatable bonds is 4. The third-order valence-corrected chi connectivity index (χ3v) is 3.88. The van der Waals surface area contributed by atoms with Crippen LogP contribution < -0.4 is 0 Å². The van der Waals surface area contributed by atoms with Gasteiger partial charge in [0.05, 0.1) is 6.54 Å². The molecule has 1 saturated carbocycles. The Morgan fingerprint density at radius 1 is 1.35 bits per heavy atom. The topological polar surface area (TPSA) is 60.9 Å². The summed E-state index contributed by atoms with van der Waals surface area (Å²) in [6.45, 7) is 2.89. The van der Waals surface area contributed by atoms with E-state index in [-0.39, 0.29) is 18.4 Å². The molecule has 1 aliphatic heterocycles. The Kier molecular flexibility index (Phi) is 3.38. The summed E-state index contributed by atoms with van der Waals surface area (Å²) in [5.74, 6) is -0.628. The summed E-state index contributed by atoms with van der Waals surface area (Å²) in [7, 11) is 1.81. The molecule has 2 rings (SSSR count). The average Bonchev–Trinajstić information content (AvgIpc) is 3.03. The summed E-state index contributed by atoms with van der Waals surface area (Å²) in [5.41, 5.74) is 0. The molecule has 0 bridgehead atoms. The van der Waals surface area contributed by atoms with Gasteiger partial charge in [-0.1, -0.05) is 6.92 Å². The highest BCUT2D eigenvalue weighted by atomic mass is 16.4. The molecule has 96 valence electrons. The van der Waals surface area contributed by atoms with Crippen molar-refractivity contribution in [2.24, 2.45) is 5.92 Å². The van der Waals surface area contributed by atoms with E-state index in [9.17, 15) is 9.59 Å². The Labute approximate surface area is 101 Å². The zero-order chi connectivity index (χ0) is 12.6. The number of carbonyl (C=O) groups is 2. The van der Waals surface area contributed by atoms with Crippen LogP contribution in [0.15, 0.2) is 0 Å². The first-order chi connectivity index (χ1) is 8.00. The van der Waals surface area contributed by atoms with Gasteiger partial charge in [0.1, 0.15) is 6.04 Å². The Morgan fingerprint density at radius 3 is 2.53 bits per heavy atom. The van der Waals surface area contributed by atoms with Crippen LogP contribution in [0.4, 0.5) is 0 Å². The summed E-state index contributed by atoms with van der Waals surface area (Å²) in [5, 5.41) is 9.16. The largest absolute Gasteiger partial charge is 0.480 e. The van der Waals surface area contributed by atoms with E-state index in [2.05, 4.69) is 0 Å². The lowest BCUT2D eigenvalue weighted by Gasteiger charge is -2.25. The third-order valence-electron chi connectivity index (χ3n) is 3.88. The van der Waals surface area contributed by atoms with Gasteiger partial charge in [0.15, 0.2) is 0 Å². The van der Waals surface area contributed by atoms with Crippen LogP contribution in [-0.4, -0.2) is 59.0 Å². The lowest BCUT2D eigenvalue weighted by atomic mass is 10.0. The van der Waals surface area contributed by atoms with Crippen molar-refractivity contribution in [2.75, 3.05) is 20.1 Å². The lowest BCUT2D eigenvalue weighted by Crippen LogP contribution is -2.45. The van der Waals surface area contributed by atoms with Crippen molar-refractivity contribution >= 4 is 11.9 Å². The number of carboxylic acids is 1. The fourth-order valence-electron chi connectivity index (χ4n) is 2.55. The quantitative estimate of drug-likeness (QED) is 0.773. The van der Waals surface area contributed by atoms with Crippen molar-refractivity contribution < 1.29 is 14.7 Å². The number of nitrogens with zero attached hydrogens (tertiary/aromatic N) is 2. The number of aliphatic carboxylic acids is 1. The fraction of sp³-hybridized carbons (Fsp3) is 0.833. The van der Waals surface area contributed by atoms with E-state index >= 15 is 0 Å². The first-order valence-corrected chi connectivity index (χ1v) is 6.23. The number of likely N-dealkylation sites (N-methyl/N-ethyl adjacent to an activating group) is 1. The summed E-state index contributed by atoms with van der Waals surface area (Å²) in [6.07, 6.45) is 3.03. The van der Waals surface area contributed by atoms with Crippen LogP contribution in [0.2, 0.25) is 0 Å². The predicted molar refractivity (Wildman–Crippen MR) is 62.6 cm³/mol. The summed E-state index contributed by atoms with van der Waals surface area (Å²) >= 11 is 0. The molecule has 0 radical (unpaired) electrons. The number of hydrogen-bond acceptors (Lipinski definition) is 3. The van der Waals surface area contributed by atoms with Gasteiger partial charge in [0.25, 0.3) is 0 Å². The van der Waals surface area contributed by atoms with Crippen LogP contribution >= 0.6 is 0 Å². The van der Waals surface area contributed by atoms with Gasteiger partial charge >= 0.3 is 5.97 Å². The van der Waals surface area contributed by atoms with Crippen molar-refractivity contribution in [2.45, 2.75) is 38.3 Å². The first-order valence-electron chi connectivity index (χ1n) is 6.23. The van der Waals surface area contributed by atoms with Gasteiger partial charge in [-0.3, -0.25) is 14.5 Å². The average molecular weight is 240 g/mol. The molecular weight excluding hydrogens is 220 g/mol. The number of carboxylic acid groups (broad SMARTS) is 1. The van der Waals surface area contributed by atoms with Crippen molar-refractivity contribution in [3.05, 3.63) is 0 Å². The van der Waals surface area contributed by atoms with Crippen LogP contribution in [0.1, 0.15) is 26.2 Å². The van der Waals surface area contributed by atoms with Gasteiger partial charge < -0.3 is 10.0 Å². The molecule has 1 amide bonds. The molecule has 5 nitrogen and oxygen atoms in total. The highest BCUT2D eigenvalue weighted by Gasteiger charge is 2.39. The van der Waals surface area contributed by atoms with Gasteiger partial charge in [0, 0.05) is 13.1 Å². The maximum atomic E-state index is 11.9. The molecule has 0 aromatic rings. The molecule has 2 aliphatic rings. The van der Waals surface area contributed by atoms with Crippen LogP contribution in [-0.2, 0) is 9.59 Å². The molecule has 2 unspecified atom stereocenters. The van der Waals surface area contributed by atoms with Crippen LogP contribution in [0.25, 0.3) is 0 Å². The standard InChI is InChI=1S/C12H20N2O3/c1-8-5-6-14(11(8)12(16)17)7-10(15)13(2)9-3-4-9/h8-9,11H,3-7H2,1-2H3,(H,16,17). The predicted octanol–water partition coefficient (Wildman–Crippen LogP) is 0.402. The molecule has 1 saturated heterocycles. The highest BCUT2D eigenvalue weighted by Crippen LogP contribution is 2.27. The van der Waals surface area contributed by atoms with Crippen LogP contribution in [0.3, 0.4) is 0 Å². The minimum absolute atomic E-state index is 0.0489. The molecular formula is C12H20N2O3. The Morgan fingerprint density at radius 2 is 2.00 bits per heavy atom. The molecule has 17 heavy (non-hydrogen) atoms. The Hall–Kier alpha value is -1.10. The third kappa shape index (κ3) is 2.60. The molecule has 0 aromatic carbocycles. The molecule has 5 heteroatoms. The monoisotopic (exact) mass is 240 g/mol.